The van der Waals surface area contributed by atoms with E-state index in [4.69, 9.17) is 10.2 Å². The van der Waals surface area contributed by atoms with Crippen LogP contribution in [0.25, 0.3) is 0 Å². The van der Waals surface area contributed by atoms with Crippen molar-refractivity contribution < 1.29 is 37.7 Å². The third-order valence-electron chi connectivity index (χ3n) is 1.85. The van der Waals surface area contributed by atoms with Crippen LogP contribution in [0, 0.1) is 0 Å². The second kappa shape index (κ2) is 4.94. The van der Waals surface area contributed by atoms with E-state index >= 15 is 0 Å². The van der Waals surface area contributed by atoms with Crippen molar-refractivity contribution in [3.63, 3.8) is 0 Å². The van der Waals surface area contributed by atoms with Gasteiger partial charge in [0, 0.05) is 0 Å². The van der Waals surface area contributed by atoms with Crippen molar-refractivity contribution in [1.29, 1.82) is 0 Å². The maximum Gasteiger partial charge on any atom is 0.422 e. The summed E-state index contributed by atoms with van der Waals surface area (Å²) >= 11 is 0. The lowest BCUT2D eigenvalue weighted by Crippen LogP contribution is -2.20. The smallest absolute Gasteiger partial charge is 0.422 e. The molecule has 1 aromatic carbocycles. The molecule has 18 heavy (non-hydrogen) atoms. The second-order valence-electron chi connectivity index (χ2n) is 3.23. The number of hydrogen-bond donors (Lipinski definition) is 2. The molecule has 1 aromatic rings. The monoisotopic (exact) mass is 264 g/mol. The largest absolute Gasteiger partial charge is 0.483 e. The third kappa shape index (κ3) is 3.65. The number of aromatic carboxylic acids is 2. The van der Waals surface area contributed by atoms with E-state index in [1.165, 1.54) is 0 Å². The van der Waals surface area contributed by atoms with Gasteiger partial charge in [0.2, 0.25) is 0 Å². The first-order chi connectivity index (χ1) is 8.20. The molecule has 0 amide bonds. The predicted octanol–water partition coefficient (Wildman–Crippen LogP) is 2.02. The van der Waals surface area contributed by atoms with Crippen LogP contribution in [0.15, 0.2) is 18.2 Å². The second-order valence-corrected chi connectivity index (χ2v) is 3.23. The molecule has 0 aliphatic rings. The molecule has 5 nitrogen and oxygen atoms in total. The van der Waals surface area contributed by atoms with E-state index in [9.17, 15) is 22.8 Å². The van der Waals surface area contributed by atoms with E-state index < -0.39 is 36.0 Å². The maximum absolute atomic E-state index is 11.9. The zero-order chi connectivity index (χ0) is 13.9. The van der Waals surface area contributed by atoms with Crippen molar-refractivity contribution in [1.82, 2.24) is 0 Å². The molecule has 98 valence electrons. The maximum atomic E-state index is 11.9. The molecule has 0 fully saturated rings. The van der Waals surface area contributed by atoms with Gasteiger partial charge < -0.3 is 14.9 Å². The molecule has 1 rings (SSSR count). The van der Waals surface area contributed by atoms with Gasteiger partial charge in [0.25, 0.3) is 0 Å². The average Bonchev–Trinajstić information content (AvgIpc) is 2.24. The van der Waals surface area contributed by atoms with Gasteiger partial charge in [-0.15, -0.1) is 0 Å². The quantitative estimate of drug-likeness (QED) is 0.869. The molecule has 0 saturated carbocycles. The molecule has 0 bridgehead atoms. The van der Waals surface area contributed by atoms with Crippen molar-refractivity contribution in [2.45, 2.75) is 6.18 Å². The van der Waals surface area contributed by atoms with Crippen LogP contribution in [0.5, 0.6) is 5.75 Å². The summed E-state index contributed by atoms with van der Waals surface area (Å²) in [6.07, 6.45) is -4.64. The molecule has 0 unspecified atom stereocenters. The third-order valence-corrected chi connectivity index (χ3v) is 1.85. The normalized spacial score (nSPS) is 11.1. The highest BCUT2D eigenvalue weighted by Gasteiger charge is 2.29. The topological polar surface area (TPSA) is 83.8 Å². The minimum atomic E-state index is -4.64. The van der Waals surface area contributed by atoms with Gasteiger partial charge in [-0.2, -0.15) is 13.2 Å². The molecule has 2 N–H and O–H groups in total. The summed E-state index contributed by atoms with van der Waals surface area (Å²) < 4.78 is 40.1. The van der Waals surface area contributed by atoms with Crippen LogP contribution in [-0.4, -0.2) is 34.9 Å². The van der Waals surface area contributed by atoms with Crippen LogP contribution >= 0.6 is 0 Å². The summed E-state index contributed by atoms with van der Waals surface area (Å²) in [4.78, 5) is 21.3. The number of benzene rings is 1. The Morgan fingerprint density at radius 3 is 2.22 bits per heavy atom. The zero-order valence-corrected chi connectivity index (χ0v) is 8.69. The summed E-state index contributed by atoms with van der Waals surface area (Å²) in [5.41, 5.74) is -0.901. The highest BCUT2D eigenvalue weighted by atomic mass is 19.4. The molecule has 0 aliphatic carbocycles. The molecule has 0 atom stereocenters. The van der Waals surface area contributed by atoms with Crippen molar-refractivity contribution in [2.24, 2.45) is 0 Å². The lowest BCUT2D eigenvalue weighted by atomic mass is 10.1. The predicted molar refractivity (Wildman–Crippen MR) is 51.9 cm³/mol. The molecule has 0 aromatic heterocycles. The molecule has 8 heteroatoms. The first-order valence-electron chi connectivity index (χ1n) is 4.51. The minimum Gasteiger partial charge on any atom is -0.483 e. The summed E-state index contributed by atoms with van der Waals surface area (Å²) in [6.45, 7) is -1.70. The molecule has 0 spiro atoms. The Balaban J connectivity index is 3.08. The minimum absolute atomic E-state index is 0.364. The van der Waals surface area contributed by atoms with E-state index in [2.05, 4.69) is 4.74 Å². The summed E-state index contributed by atoms with van der Waals surface area (Å²) in [5, 5.41) is 17.4. The van der Waals surface area contributed by atoms with E-state index in [1.54, 1.807) is 0 Å². The SMILES string of the molecule is O=C(O)c1ccc(C(=O)O)c(OCC(F)(F)F)c1. The van der Waals surface area contributed by atoms with Crippen LogP contribution in [-0.2, 0) is 0 Å². The standard InChI is InChI=1S/C10H7F3O5/c11-10(12,13)4-18-7-3-5(8(14)15)1-2-6(7)9(16)17/h1-3H,4H2,(H,14,15)(H,16,17). The van der Waals surface area contributed by atoms with Gasteiger partial charge in [-0.05, 0) is 18.2 Å². The fourth-order valence-electron chi connectivity index (χ4n) is 1.11. The van der Waals surface area contributed by atoms with Crippen LogP contribution in [0.3, 0.4) is 0 Å². The first kappa shape index (κ1) is 13.8. The number of alkyl halides is 3. The van der Waals surface area contributed by atoms with Gasteiger partial charge in [0.05, 0.1) is 5.56 Å². The average molecular weight is 264 g/mol. The van der Waals surface area contributed by atoms with Crippen LogP contribution in [0.2, 0.25) is 0 Å². The number of hydrogen-bond acceptors (Lipinski definition) is 3. The summed E-state index contributed by atoms with van der Waals surface area (Å²) in [6, 6.07) is 2.57. The Morgan fingerprint density at radius 2 is 1.78 bits per heavy atom. The molecule has 0 aliphatic heterocycles. The fraction of sp³-hybridized carbons (Fsp3) is 0.200. The van der Waals surface area contributed by atoms with Gasteiger partial charge in [0.15, 0.2) is 6.61 Å². The Labute approximate surface area is 98.4 Å². The molecule has 0 radical (unpaired) electrons. The number of rotatable bonds is 4. The number of carboxylic acids is 2. The van der Waals surface area contributed by atoms with Gasteiger partial charge in [0.1, 0.15) is 11.3 Å². The van der Waals surface area contributed by atoms with Crippen LogP contribution in [0.4, 0.5) is 13.2 Å². The van der Waals surface area contributed by atoms with E-state index in [0.717, 1.165) is 18.2 Å². The van der Waals surface area contributed by atoms with Crippen LogP contribution < -0.4 is 4.74 Å². The Kier molecular flexibility index (Phi) is 3.79. The lowest BCUT2D eigenvalue weighted by molar-refractivity contribution is -0.153. The van der Waals surface area contributed by atoms with Crippen molar-refractivity contribution in [3.05, 3.63) is 29.3 Å². The fourth-order valence-corrected chi connectivity index (χ4v) is 1.11. The summed E-state index contributed by atoms with van der Waals surface area (Å²) in [7, 11) is 0. The Morgan fingerprint density at radius 1 is 1.17 bits per heavy atom. The van der Waals surface area contributed by atoms with Crippen LogP contribution in [0.1, 0.15) is 20.7 Å². The van der Waals surface area contributed by atoms with Crippen molar-refractivity contribution >= 4 is 11.9 Å². The molecular weight excluding hydrogens is 257 g/mol. The van der Waals surface area contributed by atoms with Gasteiger partial charge in [-0.25, -0.2) is 9.59 Å². The van der Waals surface area contributed by atoms with E-state index in [0.29, 0.717) is 0 Å². The number of ether oxygens (including phenoxy) is 1. The molecule has 0 saturated heterocycles. The number of halogens is 3. The molecular formula is C10H7F3O5. The molecule has 0 heterocycles. The Hall–Kier alpha value is -2.25. The van der Waals surface area contributed by atoms with E-state index in [1.807, 2.05) is 0 Å². The van der Waals surface area contributed by atoms with Crippen molar-refractivity contribution in [2.75, 3.05) is 6.61 Å². The Bertz CT molecular complexity index is 481. The summed E-state index contributed by atoms with van der Waals surface area (Å²) in [5.74, 6) is -3.55. The zero-order valence-electron chi connectivity index (χ0n) is 8.69. The highest BCUT2D eigenvalue weighted by Crippen LogP contribution is 2.24. The van der Waals surface area contributed by atoms with E-state index in [-0.39, 0.29) is 5.56 Å². The first-order valence-corrected chi connectivity index (χ1v) is 4.51. The number of carbonyl (C=O) groups is 2. The van der Waals surface area contributed by atoms with Gasteiger partial charge in [-0.3, -0.25) is 0 Å². The van der Waals surface area contributed by atoms with Gasteiger partial charge >= 0.3 is 18.1 Å². The highest BCUT2D eigenvalue weighted by molar-refractivity contribution is 5.94. The lowest BCUT2D eigenvalue weighted by Gasteiger charge is -2.11. The number of carboxylic acid groups (broad SMARTS) is 2. The van der Waals surface area contributed by atoms with Gasteiger partial charge in [-0.1, -0.05) is 0 Å². The van der Waals surface area contributed by atoms with Crippen molar-refractivity contribution in [3.8, 4) is 5.75 Å².